The fraction of sp³-hybridized carbons (Fsp3) is 0.316. The third-order valence-corrected chi connectivity index (χ3v) is 3.76. The van der Waals surface area contributed by atoms with E-state index in [0.717, 1.165) is 5.56 Å². The van der Waals surface area contributed by atoms with Gasteiger partial charge in [-0.1, -0.05) is 0 Å². The molecule has 0 spiro atoms. The van der Waals surface area contributed by atoms with Gasteiger partial charge in [0.1, 0.15) is 23.0 Å². The van der Waals surface area contributed by atoms with Gasteiger partial charge in [-0.05, 0) is 36.2 Å². The van der Waals surface area contributed by atoms with Crippen LogP contribution in [-0.4, -0.2) is 34.2 Å². The van der Waals surface area contributed by atoms with Gasteiger partial charge in [0.15, 0.2) is 5.78 Å². The number of benzene rings is 2. The third kappa shape index (κ3) is 4.19. The minimum atomic E-state index is 0.0105. The van der Waals surface area contributed by atoms with E-state index in [1.165, 1.54) is 0 Å². The molecule has 128 valence electrons. The van der Waals surface area contributed by atoms with Crippen LogP contribution in [0.1, 0.15) is 22.3 Å². The van der Waals surface area contributed by atoms with Gasteiger partial charge in [-0.3, -0.25) is 4.79 Å². The Morgan fingerprint density at radius 1 is 0.792 bits per heavy atom. The predicted octanol–water partition coefficient (Wildman–Crippen LogP) is 3.54. The van der Waals surface area contributed by atoms with Crippen LogP contribution in [0.4, 0.5) is 0 Å². The number of ketones is 1. The molecule has 5 nitrogen and oxygen atoms in total. The molecular formula is C19H22O5. The van der Waals surface area contributed by atoms with Gasteiger partial charge < -0.3 is 18.9 Å². The highest BCUT2D eigenvalue weighted by Gasteiger charge is 2.14. The summed E-state index contributed by atoms with van der Waals surface area (Å²) in [6.45, 7) is 0. The summed E-state index contributed by atoms with van der Waals surface area (Å²) in [5, 5.41) is 0. The molecule has 0 heterocycles. The van der Waals surface area contributed by atoms with Gasteiger partial charge in [-0.15, -0.1) is 0 Å². The molecule has 0 aromatic heterocycles. The van der Waals surface area contributed by atoms with E-state index in [2.05, 4.69) is 0 Å². The van der Waals surface area contributed by atoms with E-state index in [1.54, 1.807) is 52.7 Å². The van der Waals surface area contributed by atoms with Crippen LogP contribution in [0, 0.1) is 0 Å². The zero-order valence-corrected chi connectivity index (χ0v) is 14.4. The Kier molecular flexibility index (Phi) is 6.07. The van der Waals surface area contributed by atoms with Gasteiger partial charge in [0.25, 0.3) is 0 Å². The van der Waals surface area contributed by atoms with E-state index < -0.39 is 0 Å². The van der Waals surface area contributed by atoms with Gasteiger partial charge in [-0.25, -0.2) is 0 Å². The maximum absolute atomic E-state index is 12.5. The highest BCUT2D eigenvalue weighted by molar-refractivity contribution is 5.99. The predicted molar refractivity (Wildman–Crippen MR) is 91.7 cm³/mol. The number of rotatable bonds is 8. The second kappa shape index (κ2) is 8.24. The van der Waals surface area contributed by atoms with E-state index in [9.17, 15) is 4.79 Å². The molecule has 0 fully saturated rings. The highest BCUT2D eigenvalue weighted by atomic mass is 16.5. The molecule has 0 N–H and O–H groups in total. The van der Waals surface area contributed by atoms with Crippen molar-refractivity contribution in [2.45, 2.75) is 12.8 Å². The highest BCUT2D eigenvalue weighted by Crippen LogP contribution is 2.27. The SMILES string of the molecule is COc1cc(CCC(=O)c2ccc(OC)cc2OC)cc(OC)c1. The first-order valence-corrected chi connectivity index (χ1v) is 7.58. The van der Waals surface area contributed by atoms with Gasteiger partial charge in [0.2, 0.25) is 0 Å². The second-order valence-corrected chi connectivity index (χ2v) is 5.21. The van der Waals surface area contributed by atoms with Crippen molar-refractivity contribution in [2.24, 2.45) is 0 Å². The molecule has 24 heavy (non-hydrogen) atoms. The second-order valence-electron chi connectivity index (χ2n) is 5.21. The van der Waals surface area contributed by atoms with Crippen LogP contribution < -0.4 is 18.9 Å². The maximum Gasteiger partial charge on any atom is 0.166 e. The summed E-state index contributed by atoms with van der Waals surface area (Å²) in [7, 11) is 6.32. The van der Waals surface area contributed by atoms with Crippen LogP contribution in [0.15, 0.2) is 36.4 Å². The lowest BCUT2D eigenvalue weighted by Crippen LogP contribution is -2.04. The Hall–Kier alpha value is -2.69. The largest absolute Gasteiger partial charge is 0.497 e. The Balaban J connectivity index is 2.13. The van der Waals surface area contributed by atoms with Gasteiger partial charge >= 0.3 is 0 Å². The van der Waals surface area contributed by atoms with Crippen LogP contribution in [0.5, 0.6) is 23.0 Å². The minimum absolute atomic E-state index is 0.0105. The number of methoxy groups -OCH3 is 4. The Bertz CT molecular complexity index is 687. The van der Waals surface area contributed by atoms with Crippen molar-refractivity contribution in [2.75, 3.05) is 28.4 Å². The fourth-order valence-electron chi connectivity index (χ4n) is 2.43. The zero-order chi connectivity index (χ0) is 17.5. The van der Waals surface area contributed by atoms with Crippen molar-refractivity contribution >= 4 is 5.78 Å². The summed E-state index contributed by atoms with van der Waals surface area (Å²) < 4.78 is 20.9. The summed E-state index contributed by atoms with van der Waals surface area (Å²) >= 11 is 0. The van der Waals surface area contributed by atoms with Crippen molar-refractivity contribution in [3.63, 3.8) is 0 Å². The molecule has 0 atom stereocenters. The molecule has 2 rings (SSSR count). The zero-order valence-electron chi connectivity index (χ0n) is 14.4. The lowest BCUT2D eigenvalue weighted by molar-refractivity contribution is 0.0979. The normalized spacial score (nSPS) is 10.2. The van der Waals surface area contributed by atoms with Crippen LogP contribution in [0.2, 0.25) is 0 Å². The average Bonchev–Trinajstić information content (AvgIpc) is 2.64. The molecule has 2 aromatic carbocycles. The van der Waals surface area contributed by atoms with Gasteiger partial charge in [0.05, 0.1) is 34.0 Å². The topological polar surface area (TPSA) is 54.0 Å². The van der Waals surface area contributed by atoms with Crippen LogP contribution in [0.25, 0.3) is 0 Å². The molecule has 0 aliphatic rings. The first kappa shape index (κ1) is 17.7. The molecule has 2 aromatic rings. The Morgan fingerprint density at radius 3 is 1.96 bits per heavy atom. The van der Waals surface area contributed by atoms with Crippen molar-refractivity contribution in [3.05, 3.63) is 47.5 Å². The van der Waals surface area contributed by atoms with Gasteiger partial charge in [0, 0.05) is 18.6 Å². The summed E-state index contributed by atoms with van der Waals surface area (Å²) in [5.41, 5.74) is 1.53. The number of carbonyl (C=O) groups is 1. The molecule has 5 heteroatoms. The molecular weight excluding hydrogens is 308 g/mol. The van der Waals surface area contributed by atoms with Crippen molar-refractivity contribution in [1.29, 1.82) is 0 Å². The lowest BCUT2D eigenvalue weighted by Gasteiger charge is -2.11. The van der Waals surface area contributed by atoms with E-state index in [0.29, 0.717) is 41.4 Å². The van der Waals surface area contributed by atoms with Crippen LogP contribution >= 0.6 is 0 Å². The summed E-state index contributed by atoms with van der Waals surface area (Å²) in [6, 6.07) is 10.8. The minimum Gasteiger partial charge on any atom is -0.497 e. The van der Waals surface area contributed by atoms with E-state index in [4.69, 9.17) is 18.9 Å². The number of aryl methyl sites for hydroxylation is 1. The van der Waals surface area contributed by atoms with Crippen LogP contribution in [-0.2, 0) is 6.42 Å². The quantitative estimate of drug-likeness (QED) is 0.693. The molecule has 0 unspecified atom stereocenters. The number of carbonyl (C=O) groups excluding carboxylic acids is 1. The number of hydrogen-bond acceptors (Lipinski definition) is 5. The molecule has 0 saturated carbocycles. The summed E-state index contributed by atoms with van der Waals surface area (Å²) in [4.78, 5) is 12.5. The first-order chi connectivity index (χ1) is 11.6. The number of ether oxygens (including phenoxy) is 4. The third-order valence-electron chi connectivity index (χ3n) is 3.76. The molecule has 0 amide bonds. The van der Waals surface area contributed by atoms with Crippen molar-refractivity contribution < 1.29 is 23.7 Å². The molecule has 0 radical (unpaired) electrons. The molecule has 0 bridgehead atoms. The summed E-state index contributed by atoms with van der Waals surface area (Å²) in [6.07, 6.45) is 0.945. The summed E-state index contributed by atoms with van der Waals surface area (Å²) in [5.74, 6) is 2.59. The first-order valence-electron chi connectivity index (χ1n) is 7.58. The smallest absolute Gasteiger partial charge is 0.166 e. The lowest BCUT2D eigenvalue weighted by atomic mass is 10.0. The number of Topliss-reactive ketones (excluding diaryl/α,β-unsaturated/α-hetero) is 1. The number of hydrogen-bond donors (Lipinski definition) is 0. The Morgan fingerprint density at radius 2 is 1.42 bits per heavy atom. The fourth-order valence-corrected chi connectivity index (χ4v) is 2.43. The van der Waals surface area contributed by atoms with Crippen molar-refractivity contribution in [1.82, 2.24) is 0 Å². The van der Waals surface area contributed by atoms with E-state index in [1.807, 2.05) is 12.1 Å². The molecule has 0 saturated heterocycles. The van der Waals surface area contributed by atoms with E-state index in [-0.39, 0.29) is 5.78 Å². The van der Waals surface area contributed by atoms with Crippen LogP contribution in [0.3, 0.4) is 0 Å². The molecule has 0 aliphatic heterocycles. The average molecular weight is 330 g/mol. The Labute approximate surface area is 142 Å². The standard InChI is InChI=1S/C19H22O5/c1-21-14-6-7-17(19(12-14)24-4)18(20)8-5-13-9-15(22-2)11-16(10-13)23-3/h6-7,9-12H,5,8H2,1-4H3. The molecule has 0 aliphatic carbocycles. The van der Waals surface area contributed by atoms with Crippen molar-refractivity contribution in [3.8, 4) is 23.0 Å². The maximum atomic E-state index is 12.5. The monoisotopic (exact) mass is 330 g/mol. The van der Waals surface area contributed by atoms with Gasteiger partial charge in [-0.2, -0.15) is 0 Å². The van der Waals surface area contributed by atoms with E-state index >= 15 is 0 Å².